The van der Waals surface area contributed by atoms with E-state index in [-0.39, 0.29) is 6.61 Å². The van der Waals surface area contributed by atoms with E-state index in [0.717, 1.165) is 17.9 Å². The Kier molecular flexibility index (Phi) is 5.13. The highest BCUT2D eigenvalue weighted by Crippen LogP contribution is 2.19. The second-order valence-electron chi connectivity index (χ2n) is 4.51. The summed E-state index contributed by atoms with van der Waals surface area (Å²) in [5, 5.41) is 10.0. The van der Waals surface area contributed by atoms with Crippen molar-refractivity contribution in [3.05, 3.63) is 34.9 Å². The number of hydrogen-bond donors (Lipinski definition) is 1. The van der Waals surface area contributed by atoms with Gasteiger partial charge in [-0.25, -0.2) is 0 Å². The smallest absolute Gasteiger partial charge is 0.0462 e. The fraction of sp³-hybridized carbons (Fsp3) is 0.538. The molecule has 1 unspecified atom stereocenters. The Balaban J connectivity index is 2.58. The van der Waals surface area contributed by atoms with Crippen LogP contribution in [0, 0.1) is 11.8 Å². The first kappa shape index (κ1) is 12.5. The predicted molar refractivity (Wildman–Crippen MR) is 65.2 cm³/mol. The van der Waals surface area contributed by atoms with Crippen LogP contribution in [0.4, 0.5) is 0 Å². The minimum Gasteiger partial charge on any atom is -0.396 e. The molecule has 1 rings (SSSR count). The fourth-order valence-corrected chi connectivity index (χ4v) is 2.10. The van der Waals surface area contributed by atoms with Crippen molar-refractivity contribution in [3.63, 3.8) is 0 Å². The van der Waals surface area contributed by atoms with Gasteiger partial charge in [-0.15, -0.1) is 0 Å². The third-order valence-corrected chi connectivity index (χ3v) is 2.71. The van der Waals surface area contributed by atoms with Crippen molar-refractivity contribution >= 4 is 11.6 Å². The highest BCUT2D eigenvalue weighted by atomic mass is 35.5. The van der Waals surface area contributed by atoms with E-state index in [1.165, 1.54) is 5.56 Å². The summed E-state index contributed by atoms with van der Waals surface area (Å²) in [6.45, 7) is 4.62. The van der Waals surface area contributed by atoms with Crippen molar-refractivity contribution in [1.82, 2.24) is 0 Å². The molecule has 2 heteroatoms. The van der Waals surface area contributed by atoms with Crippen molar-refractivity contribution in [2.75, 3.05) is 6.61 Å². The molecule has 84 valence electrons. The van der Waals surface area contributed by atoms with Gasteiger partial charge in [0.05, 0.1) is 0 Å². The SMILES string of the molecule is CC(C)CC(CO)Cc1cccc(Cl)c1. The Morgan fingerprint density at radius 2 is 2.07 bits per heavy atom. The van der Waals surface area contributed by atoms with E-state index in [4.69, 9.17) is 11.6 Å². The lowest BCUT2D eigenvalue weighted by Gasteiger charge is -2.16. The van der Waals surface area contributed by atoms with Crippen molar-refractivity contribution in [2.24, 2.45) is 11.8 Å². The molecule has 0 amide bonds. The molecule has 0 bridgehead atoms. The molecule has 1 N–H and O–H groups in total. The molecule has 0 radical (unpaired) electrons. The van der Waals surface area contributed by atoms with Gasteiger partial charge in [0.1, 0.15) is 0 Å². The standard InChI is InChI=1S/C13H19ClO/c1-10(2)6-12(9-15)7-11-4-3-5-13(14)8-11/h3-5,8,10,12,15H,6-7,9H2,1-2H3. The van der Waals surface area contributed by atoms with Gasteiger partial charge in [-0.05, 0) is 42.4 Å². The van der Waals surface area contributed by atoms with E-state index in [2.05, 4.69) is 19.9 Å². The Labute approximate surface area is 97.1 Å². The molecular formula is C13H19ClO. The molecule has 0 aromatic heterocycles. The van der Waals surface area contributed by atoms with Crippen LogP contribution in [0.5, 0.6) is 0 Å². The van der Waals surface area contributed by atoms with Crippen LogP contribution in [0.15, 0.2) is 24.3 Å². The van der Waals surface area contributed by atoms with Crippen LogP contribution in [0.25, 0.3) is 0 Å². The third-order valence-electron chi connectivity index (χ3n) is 2.48. The van der Waals surface area contributed by atoms with Gasteiger partial charge >= 0.3 is 0 Å². The van der Waals surface area contributed by atoms with Crippen molar-refractivity contribution in [1.29, 1.82) is 0 Å². The maximum absolute atomic E-state index is 9.27. The van der Waals surface area contributed by atoms with Gasteiger partial charge in [0.15, 0.2) is 0 Å². The number of rotatable bonds is 5. The van der Waals surface area contributed by atoms with Gasteiger partial charge in [0, 0.05) is 11.6 Å². The van der Waals surface area contributed by atoms with E-state index in [1.807, 2.05) is 18.2 Å². The summed E-state index contributed by atoms with van der Waals surface area (Å²) in [5.41, 5.74) is 1.21. The molecule has 0 spiro atoms. The van der Waals surface area contributed by atoms with Crippen LogP contribution in [-0.4, -0.2) is 11.7 Å². The normalized spacial score (nSPS) is 13.1. The summed E-state index contributed by atoms with van der Waals surface area (Å²) in [6.07, 6.45) is 1.97. The van der Waals surface area contributed by atoms with Crippen molar-refractivity contribution < 1.29 is 5.11 Å². The van der Waals surface area contributed by atoms with Crippen LogP contribution in [0.3, 0.4) is 0 Å². The summed E-state index contributed by atoms with van der Waals surface area (Å²) >= 11 is 5.91. The third kappa shape index (κ3) is 4.67. The first-order chi connectivity index (χ1) is 7.11. The Bertz CT molecular complexity index is 296. The summed E-state index contributed by atoms with van der Waals surface area (Å²) in [5.74, 6) is 0.977. The number of hydrogen-bond acceptors (Lipinski definition) is 1. The molecule has 0 heterocycles. The maximum atomic E-state index is 9.27. The Hall–Kier alpha value is -0.530. The molecule has 0 aliphatic rings. The first-order valence-corrected chi connectivity index (χ1v) is 5.85. The molecule has 0 saturated heterocycles. The van der Waals surface area contributed by atoms with Crippen LogP contribution < -0.4 is 0 Å². The maximum Gasteiger partial charge on any atom is 0.0462 e. The first-order valence-electron chi connectivity index (χ1n) is 5.47. The zero-order valence-corrected chi connectivity index (χ0v) is 10.2. The van der Waals surface area contributed by atoms with Crippen molar-refractivity contribution in [2.45, 2.75) is 26.7 Å². The molecule has 1 atom stereocenters. The Morgan fingerprint density at radius 1 is 1.33 bits per heavy atom. The Morgan fingerprint density at radius 3 is 2.60 bits per heavy atom. The number of benzene rings is 1. The molecule has 1 nitrogen and oxygen atoms in total. The topological polar surface area (TPSA) is 20.2 Å². The summed E-state index contributed by atoms with van der Waals surface area (Å²) < 4.78 is 0. The van der Waals surface area contributed by atoms with Crippen LogP contribution >= 0.6 is 11.6 Å². The average Bonchev–Trinajstić information content (AvgIpc) is 2.16. The molecule has 1 aromatic carbocycles. The van der Waals surface area contributed by atoms with E-state index in [0.29, 0.717) is 11.8 Å². The van der Waals surface area contributed by atoms with E-state index < -0.39 is 0 Å². The van der Waals surface area contributed by atoms with E-state index >= 15 is 0 Å². The van der Waals surface area contributed by atoms with Crippen LogP contribution in [0.1, 0.15) is 25.8 Å². The number of aliphatic hydroxyl groups is 1. The summed E-state index contributed by atoms with van der Waals surface area (Å²) in [7, 11) is 0. The minimum atomic E-state index is 0.255. The van der Waals surface area contributed by atoms with Gasteiger partial charge in [0.25, 0.3) is 0 Å². The molecule has 15 heavy (non-hydrogen) atoms. The highest BCUT2D eigenvalue weighted by Gasteiger charge is 2.10. The summed E-state index contributed by atoms with van der Waals surface area (Å²) in [4.78, 5) is 0. The molecular weight excluding hydrogens is 208 g/mol. The van der Waals surface area contributed by atoms with Gasteiger partial charge < -0.3 is 5.11 Å². The van der Waals surface area contributed by atoms with Gasteiger partial charge in [-0.2, -0.15) is 0 Å². The molecule has 0 fully saturated rings. The lowest BCUT2D eigenvalue weighted by molar-refractivity contribution is 0.205. The monoisotopic (exact) mass is 226 g/mol. The number of aliphatic hydroxyl groups excluding tert-OH is 1. The zero-order valence-electron chi connectivity index (χ0n) is 9.41. The van der Waals surface area contributed by atoms with Crippen LogP contribution in [-0.2, 0) is 6.42 Å². The van der Waals surface area contributed by atoms with Gasteiger partial charge in [-0.3, -0.25) is 0 Å². The second-order valence-corrected chi connectivity index (χ2v) is 4.95. The zero-order chi connectivity index (χ0) is 11.3. The minimum absolute atomic E-state index is 0.255. The molecule has 0 saturated carbocycles. The van der Waals surface area contributed by atoms with E-state index in [9.17, 15) is 5.11 Å². The fourth-order valence-electron chi connectivity index (χ4n) is 1.89. The lowest BCUT2D eigenvalue weighted by Crippen LogP contribution is -2.12. The predicted octanol–water partition coefficient (Wildman–Crippen LogP) is 3.54. The average molecular weight is 227 g/mol. The molecule has 1 aromatic rings. The quantitative estimate of drug-likeness (QED) is 0.815. The summed E-state index contributed by atoms with van der Waals surface area (Å²) in [6, 6.07) is 7.88. The molecule has 0 aliphatic heterocycles. The molecule has 0 aliphatic carbocycles. The van der Waals surface area contributed by atoms with Crippen LogP contribution in [0.2, 0.25) is 5.02 Å². The van der Waals surface area contributed by atoms with Crippen molar-refractivity contribution in [3.8, 4) is 0 Å². The van der Waals surface area contributed by atoms with E-state index in [1.54, 1.807) is 0 Å². The van der Waals surface area contributed by atoms with Gasteiger partial charge in [0.2, 0.25) is 0 Å². The second kappa shape index (κ2) is 6.14. The van der Waals surface area contributed by atoms with Gasteiger partial charge in [-0.1, -0.05) is 37.6 Å². The number of halogens is 1. The largest absolute Gasteiger partial charge is 0.396 e. The highest BCUT2D eigenvalue weighted by molar-refractivity contribution is 6.30. The lowest BCUT2D eigenvalue weighted by atomic mass is 9.92.